The van der Waals surface area contributed by atoms with E-state index >= 15 is 0 Å². The van der Waals surface area contributed by atoms with Crippen LogP contribution >= 0.6 is 31.9 Å². The molecule has 0 aliphatic carbocycles. The number of rotatable bonds is 9. The third kappa shape index (κ3) is 7.46. The molecule has 0 aromatic heterocycles. The molecule has 178 valence electrons. The normalized spacial score (nSPS) is 10.4. The lowest BCUT2D eigenvalue weighted by atomic mass is 10.1. The molecule has 0 bridgehead atoms. The minimum absolute atomic E-state index is 0.0361. The van der Waals surface area contributed by atoms with Crippen LogP contribution < -0.4 is 25.6 Å². The molecule has 3 aromatic rings. The Kier molecular flexibility index (Phi) is 9.29. The van der Waals surface area contributed by atoms with E-state index in [2.05, 4.69) is 48.0 Å². The summed E-state index contributed by atoms with van der Waals surface area (Å²) >= 11 is 6.94. The van der Waals surface area contributed by atoms with Gasteiger partial charge in [-0.1, -0.05) is 28.1 Å². The lowest BCUT2D eigenvalue weighted by molar-refractivity contribution is -0.130. The third-order valence-electron chi connectivity index (χ3n) is 4.61. The van der Waals surface area contributed by atoms with Gasteiger partial charge in [0.2, 0.25) is 11.8 Å². The molecule has 0 aliphatic rings. The second-order valence-electron chi connectivity index (χ2n) is 7.13. The average molecular weight is 593 g/mol. The van der Waals surface area contributed by atoms with Crippen molar-refractivity contribution in [1.82, 2.24) is 10.9 Å². The summed E-state index contributed by atoms with van der Waals surface area (Å²) in [5.74, 6) is -0.132. The SMILES string of the molecule is CCOc1ccc(NC(=O)CCC(=O)NNC(=O)COc2ccc3cc(Br)ccc3c2Br)cc1. The average Bonchev–Trinajstić information content (AvgIpc) is 2.82. The fourth-order valence-electron chi connectivity index (χ4n) is 2.99. The molecule has 3 N–H and O–H groups in total. The number of hydrogen-bond acceptors (Lipinski definition) is 5. The third-order valence-corrected chi connectivity index (χ3v) is 5.92. The van der Waals surface area contributed by atoms with Crippen molar-refractivity contribution >= 4 is 66.0 Å². The highest BCUT2D eigenvalue weighted by atomic mass is 79.9. The molecule has 0 atom stereocenters. The monoisotopic (exact) mass is 591 g/mol. The Balaban J connectivity index is 1.38. The molecular weight excluding hydrogens is 570 g/mol. The van der Waals surface area contributed by atoms with E-state index in [4.69, 9.17) is 9.47 Å². The highest BCUT2D eigenvalue weighted by Crippen LogP contribution is 2.34. The van der Waals surface area contributed by atoms with Crippen molar-refractivity contribution < 1.29 is 23.9 Å². The number of amides is 3. The Morgan fingerprint density at radius 1 is 0.824 bits per heavy atom. The molecule has 0 spiro atoms. The van der Waals surface area contributed by atoms with E-state index in [1.54, 1.807) is 30.3 Å². The largest absolute Gasteiger partial charge is 0.494 e. The van der Waals surface area contributed by atoms with Gasteiger partial charge in [0.15, 0.2) is 6.61 Å². The zero-order valence-electron chi connectivity index (χ0n) is 18.3. The summed E-state index contributed by atoms with van der Waals surface area (Å²) < 4.78 is 12.6. The van der Waals surface area contributed by atoms with Crippen LogP contribution in [0.1, 0.15) is 19.8 Å². The number of ether oxygens (including phenoxy) is 2. The molecule has 3 rings (SSSR count). The van der Waals surface area contributed by atoms with E-state index in [9.17, 15) is 14.4 Å². The summed E-state index contributed by atoms with van der Waals surface area (Å²) in [6.07, 6.45) is -0.124. The van der Waals surface area contributed by atoms with Gasteiger partial charge in [-0.05, 0) is 76.1 Å². The van der Waals surface area contributed by atoms with Gasteiger partial charge in [-0.25, -0.2) is 0 Å². The maximum Gasteiger partial charge on any atom is 0.276 e. The molecule has 0 aliphatic heterocycles. The predicted molar refractivity (Wildman–Crippen MR) is 137 cm³/mol. The van der Waals surface area contributed by atoms with Gasteiger partial charge in [-0.15, -0.1) is 0 Å². The number of carbonyl (C=O) groups excluding carboxylic acids is 3. The van der Waals surface area contributed by atoms with Gasteiger partial charge in [-0.2, -0.15) is 0 Å². The van der Waals surface area contributed by atoms with Gasteiger partial charge in [0.25, 0.3) is 5.91 Å². The quantitative estimate of drug-likeness (QED) is 0.312. The van der Waals surface area contributed by atoms with E-state index in [-0.39, 0.29) is 25.4 Å². The van der Waals surface area contributed by atoms with Crippen molar-refractivity contribution in [3.05, 3.63) is 63.5 Å². The van der Waals surface area contributed by atoms with Gasteiger partial charge in [0.1, 0.15) is 11.5 Å². The lowest BCUT2D eigenvalue weighted by Crippen LogP contribution is -2.44. The van der Waals surface area contributed by atoms with Crippen LogP contribution in [0.15, 0.2) is 63.5 Å². The first-order valence-corrected chi connectivity index (χ1v) is 12.0. The van der Waals surface area contributed by atoms with Gasteiger partial charge < -0.3 is 14.8 Å². The van der Waals surface area contributed by atoms with Gasteiger partial charge >= 0.3 is 0 Å². The Morgan fingerprint density at radius 2 is 1.53 bits per heavy atom. The number of carbonyl (C=O) groups is 3. The van der Waals surface area contributed by atoms with Crippen molar-refractivity contribution in [2.75, 3.05) is 18.5 Å². The van der Waals surface area contributed by atoms with Gasteiger partial charge in [0, 0.05) is 23.0 Å². The summed E-state index contributed by atoms with van der Waals surface area (Å²) in [4.78, 5) is 36.0. The predicted octanol–water partition coefficient (Wildman–Crippen LogP) is 4.71. The first-order valence-electron chi connectivity index (χ1n) is 10.5. The molecule has 0 saturated carbocycles. The van der Waals surface area contributed by atoms with E-state index in [1.807, 2.05) is 31.2 Å². The van der Waals surface area contributed by atoms with E-state index in [0.717, 1.165) is 19.7 Å². The number of halogens is 2. The Hall–Kier alpha value is -3.11. The highest BCUT2D eigenvalue weighted by Gasteiger charge is 2.11. The van der Waals surface area contributed by atoms with E-state index < -0.39 is 11.8 Å². The fourth-order valence-corrected chi connectivity index (χ4v) is 3.97. The molecule has 0 heterocycles. The summed E-state index contributed by atoms with van der Waals surface area (Å²) in [7, 11) is 0. The number of nitrogens with one attached hydrogen (secondary N) is 3. The van der Waals surface area contributed by atoms with Crippen molar-refractivity contribution in [3.8, 4) is 11.5 Å². The molecule has 0 radical (unpaired) electrons. The van der Waals surface area contributed by atoms with E-state index in [1.165, 1.54) is 0 Å². The summed E-state index contributed by atoms with van der Waals surface area (Å²) in [6, 6.07) is 16.4. The molecule has 8 nitrogen and oxygen atoms in total. The summed E-state index contributed by atoms with van der Waals surface area (Å²) in [6.45, 7) is 2.15. The molecule has 10 heteroatoms. The van der Waals surface area contributed by atoms with Crippen molar-refractivity contribution in [2.45, 2.75) is 19.8 Å². The standard InChI is InChI=1S/C24H23Br2N3O5/c1-2-33-18-7-5-17(6-8-18)27-21(30)11-12-22(31)28-29-23(32)14-34-20-10-3-15-13-16(25)4-9-19(15)24(20)26/h3-10,13H,2,11-12,14H2,1H3,(H,27,30)(H,28,31)(H,29,32). The van der Waals surface area contributed by atoms with Crippen LogP contribution in [0.5, 0.6) is 11.5 Å². The maximum atomic E-state index is 12.0. The van der Waals surface area contributed by atoms with Crippen LogP contribution in [0.3, 0.4) is 0 Å². The second-order valence-corrected chi connectivity index (χ2v) is 8.84. The first kappa shape index (κ1) is 25.5. The number of benzene rings is 3. The van der Waals surface area contributed by atoms with Crippen LogP contribution in [-0.4, -0.2) is 30.9 Å². The lowest BCUT2D eigenvalue weighted by Gasteiger charge is -2.11. The zero-order chi connectivity index (χ0) is 24.5. The smallest absolute Gasteiger partial charge is 0.276 e. The fraction of sp³-hybridized carbons (Fsp3) is 0.208. The van der Waals surface area contributed by atoms with Crippen LogP contribution in [0, 0.1) is 0 Å². The minimum atomic E-state index is -0.532. The number of hydrazine groups is 1. The number of hydrogen-bond donors (Lipinski definition) is 3. The summed E-state index contributed by atoms with van der Waals surface area (Å²) in [5.41, 5.74) is 5.16. The van der Waals surface area contributed by atoms with Crippen molar-refractivity contribution in [1.29, 1.82) is 0 Å². The van der Waals surface area contributed by atoms with Crippen LogP contribution in [0.25, 0.3) is 10.8 Å². The number of fused-ring (bicyclic) bond motifs is 1. The Morgan fingerprint density at radius 3 is 2.26 bits per heavy atom. The maximum absolute atomic E-state index is 12.0. The van der Waals surface area contributed by atoms with Crippen LogP contribution in [-0.2, 0) is 14.4 Å². The topological polar surface area (TPSA) is 106 Å². The molecule has 34 heavy (non-hydrogen) atoms. The molecule has 0 fully saturated rings. The highest BCUT2D eigenvalue weighted by molar-refractivity contribution is 9.11. The Bertz CT molecular complexity index is 1190. The van der Waals surface area contributed by atoms with Crippen molar-refractivity contribution in [2.24, 2.45) is 0 Å². The zero-order valence-corrected chi connectivity index (χ0v) is 21.5. The first-order chi connectivity index (χ1) is 16.4. The molecular formula is C24H23Br2N3O5. The molecule has 3 aromatic carbocycles. The van der Waals surface area contributed by atoms with Crippen LogP contribution in [0.4, 0.5) is 5.69 Å². The van der Waals surface area contributed by atoms with E-state index in [0.29, 0.717) is 23.8 Å². The van der Waals surface area contributed by atoms with Crippen LogP contribution in [0.2, 0.25) is 0 Å². The molecule has 0 unspecified atom stereocenters. The summed E-state index contributed by atoms with van der Waals surface area (Å²) in [5, 5.41) is 4.66. The van der Waals surface area contributed by atoms with Gasteiger partial charge in [0.05, 0.1) is 11.1 Å². The number of anilines is 1. The second kappa shape index (κ2) is 12.4. The van der Waals surface area contributed by atoms with Gasteiger partial charge in [-0.3, -0.25) is 25.2 Å². The minimum Gasteiger partial charge on any atom is -0.494 e. The Labute approximate surface area is 213 Å². The molecule has 3 amide bonds. The van der Waals surface area contributed by atoms with Crippen molar-refractivity contribution in [3.63, 3.8) is 0 Å². The molecule has 0 saturated heterocycles.